The summed E-state index contributed by atoms with van der Waals surface area (Å²) in [5.41, 5.74) is 0.451. The number of nitrogens with zero attached hydrogens (tertiary/aromatic N) is 2. The summed E-state index contributed by atoms with van der Waals surface area (Å²) in [6.45, 7) is 7.50. The van der Waals surface area contributed by atoms with Gasteiger partial charge in [-0.2, -0.15) is 0 Å². The minimum Gasteiger partial charge on any atom is -1.00 e. The van der Waals surface area contributed by atoms with Crippen LogP contribution in [-0.4, -0.2) is 42.8 Å². The van der Waals surface area contributed by atoms with Crippen LogP contribution >= 0.6 is 0 Å². The SMILES string of the molecule is CCCCCCCCCCCCCCCCCCNC(=O)OCC1(COC(=O)N(Cc2cccc[n+]2CC)C(C)=O)CCCC1.[I-]. The first-order valence-corrected chi connectivity index (χ1v) is 18.2. The number of hydrogen-bond acceptors (Lipinski definition) is 5. The summed E-state index contributed by atoms with van der Waals surface area (Å²) in [6.07, 6.45) is 25.7. The van der Waals surface area contributed by atoms with Crippen LogP contribution in [0.3, 0.4) is 0 Å². The van der Waals surface area contributed by atoms with Crippen molar-refractivity contribution in [3.63, 3.8) is 0 Å². The average Bonchev–Trinajstić information content (AvgIpc) is 3.52. The third kappa shape index (κ3) is 17.9. The van der Waals surface area contributed by atoms with E-state index in [4.69, 9.17) is 9.47 Å². The highest BCUT2D eigenvalue weighted by Gasteiger charge is 2.38. The van der Waals surface area contributed by atoms with Crippen LogP contribution in [0.15, 0.2) is 24.4 Å². The molecule has 46 heavy (non-hydrogen) atoms. The van der Waals surface area contributed by atoms with E-state index in [0.29, 0.717) is 6.54 Å². The molecule has 264 valence electrons. The molecule has 1 saturated carbocycles. The molecule has 0 bridgehead atoms. The first-order valence-electron chi connectivity index (χ1n) is 18.2. The summed E-state index contributed by atoms with van der Waals surface area (Å²) in [5.74, 6) is -0.364. The molecule has 0 aromatic carbocycles. The average molecular weight is 758 g/mol. The second-order valence-electron chi connectivity index (χ2n) is 13.2. The molecule has 1 aliphatic carbocycles. The van der Waals surface area contributed by atoms with Crippen LogP contribution in [0.5, 0.6) is 0 Å². The second-order valence-corrected chi connectivity index (χ2v) is 13.2. The number of aromatic nitrogens is 1. The van der Waals surface area contributed by atoms with Crippen molar-refractivity contribution in [2.24, 2.45) is 5.41 Å². The highest BCUT2D eigenvalue weighted by molar-refractivity contribution is 5.90. The summed E-state index contributed by atoms with van der Waals surface area (Å²) in [6, 6.07) is 5.71. The standard InChI is InChI=1S/C37H63N3O5.HI/c1-4-6-7-8-9-10-11-12-13-14-15-16-17-18-19-23-28-38-35(42)44-31-37(26-21-22-27-37)32-45-36(43)40(33(3)41)30-34-25-20-24-29-39(34)5-2;/h20,24-25,29H,4-19,21-23,26-28,30-32H2,1-3H3;1H. The molecule has 1 heterocycles. The molecule has 0 unspecified atom stereocenters. The highest BCUT2D eigenvalue weighted by Crippen LogP contribution is 2.39. The number of alkyl carbamates (subject to hydrolysis) is 1. The number of ether oxygens (including phenoxy) is 2. The van der Waals surface area contributed by atoms with E-state index in [0.717, 1.165) is 55.7 Å². The lowest BCUT2D eigenvalue weighted by Gasteiger charge is -2.29. The van der Waals surface area contributed by atoms with E-state index in [-0.39, 0.29) is 49.6 Å². The summed E-state index contributed by atoms with van der Waals surface area (Å²) >= 11 is 0. The number of carbonyl (C=O) groups excluding carboxylic acids is 3. The summed E-state index contributed by atoms with van der Waals surface area (Å²) in [5, 5.41) is 2.89. The lowest BCUT2D eigenvalue weighted by molar-refractivity contribution is -0.701. The van der Waals surface area contributed by atoms with E-state index in [2.05, 4.69) is 12.2 Å². The molecule has 0 saturated heterocycles. The van der Waals surface area contributed by atoms with Gasteiger partial charge in [-0.05, 0) is 26.2 Å². The molecule has 3 amide bonds. The van der Waals surface area contributed by atoms with E-state index >= 15 is 0 Å². The van der Waals surface area contributed by atoms with Crippen LogP contribution in [-0.2, 0) is 27.4 Å². The van der Waals surface area contributed by atoms with Crippen molar-refractivity contribution in [2.45, 2.75) is 162 Å². The van der Waals surface area contributed by atoms with Crippen LogP contribution in [0.25, 0.3) is 0 Å². The minimum absolute atomic E-state index is 0. The Hall–Kier alpha value is -1.91. The van der Waals surface area contributed by atoms with Gasteiger partial charge in [-0.25, -0.2) is 19.1 Å². The number of hydrogen-bond donors (Lipinski definition) is 1. The van der Waals surface area contributed by atoms with Gasteiger partial charge in [0.25, 0.3) is 0 Å². The van der Waals surface area contributed by atoms with E-state index in [1.165, 1.54) is 96.8 Å². The maximum atomic E-state index is 13.0. The fourth-order valence-corrected chi connectivity index (χ4v) is 6.31. The number of carbonyl (C=O) groups is 3. The van der Waals surface area contributed by atoms with Crippen LogP contribution < -0.4 is 33.9 Å². The van der Waals surface area contributed by atoms with E-state index in [9.17, 15) is 14.4 Å². The van der Waals surface area contributed by atoms with Crippen LogP contribution in [0, 0.1) is 5.41 Å². The van der Waals surface area contributed by atoms with E-state index < -0.39 is 17.6 Å². The van der Waals surface area contributed by atoms with Crippen LogP contribution in [0.1, 0.15) is 155 Å². The molecule has 1 aliphatic rings. The fourth-order valence-electron chi connectivity index (χ4n) is 6.31. The minimum atomic E-state index is -0.659. The Balaban J connectivity index is 0.0000106. The third-order valence-corrected chi connectivity index (χ3v) is 9.27. The van der Waals surface area contributed by atoms with Crippen molar-refractivity contribution in [2.75, 3.05) is 19.8 Å². The van der Waals surface area contributed by atoms with Gasteiger partial charge < -0.3 is 38.8 Å². The smallest absolute Gasteiger partial charge is 0.417 e. The summed E-state index contributed by atoms with van der Waals surface area (Å²) in [7, 11) is 0. The molecular formula is C37H64IN3O5. The number of nitrogens with one attached hydrogen (secondary N) is 1. The van der Waals surface area contributed by atoms with Crippen molar-refractivity contribution in [1.29, 1.82) is 0 Å². The Kier molecular flexibility index (Phi) is 23.9. The predicted octanol–water partition coefficient (Wildman–Crippen LogP) is 6.03. The number of imide groups is 1. The molecule has 0 radical (unpaired) electrons. The van der Waals surface area contributed by atoms with Gasteiger partial charge in [0.05, 0.1) is 0 Å². The molecule has 1 aromatic rings. The number of aryl methyl sites for hydroxylation is 1. The second kappa shape index (κ2) is 26.1. The van der Waals surface area contributed by atoms with Gasteiger partial charge in [0, 0.05) is 31.0 Å². The van der Waals surface area contributed by atoms with Crippen molar-refractivity contribution in [3.8, 4) is 0 Å². The largest absolute Gasteiger partial charge is 1.00 e. The van der Waals surface area contributed by atoms with Crippen molar-refractivity contribution in [1.82, 2.24) is 10.2 Å². The number of amides is 3. The van der Waals surface area contributed by atoms with Crippen LogP contribution in [0.4, 0.5) is 9.59 Å². The Labute approximate surface area is 297 Å². The van der Waals surface area contributed by atoms with Crippen LogP contribution in [0.2, 0.25) is 0 Å². The number of rotatable bonds is 24. The van der Waals surface area contributed by atoms with Crippen molar-refractivity contribution < 1.29 is 52.4 Å². The molecule has 1 fully saturated rings. The van der Waals surface area contributed by atoms with Gasteiger partial charge >= 0.3 is 12.2 Å². The van der Waals surface area contributed by atoms with E-state index in [1.807, 2.05) is 35.9 Å². The Morgan fingerprint density at radius 1 is 0.783 bits per heavy atom. The topological polar surface area (TPSA) is 88.8 Å². The lowest BCUT2D eigenvalue weighted by Crippen LogP contribution is -3.00. The van der Waals surface area contributed by atoms with Crippen molar-refractivity contribution in [3.05, 3.63) is 30.1 Å². The van der Waals surface area contributed by atoms with Gasteiger partial charge in [0.1, 0.15) is 26.3 Å². The van der Waals surface area contributed by atoms with E-state index in [1.54, 1.807) is 0 Å². The monoisotopic (exact) mass is 757 g/mol. The van der Waals surface area contributed by atoms with Gasteiger partial charge in [0.2, 0.25) is 11.6 Å². The normalized spacial score (nSPS) is 13.5. The maximum absolute atomic E-state index is 13.0. The number of unbranched alkanes of at least 4 members (excludes halogenated alkanes) is 15. The zero-order chi connectivity index (χ0) is 32.6. The first kappa shape index (κ1) is 42.1. The molecule has 0 spiro atoms. The zero-order valence-corrected chi connectivity index (χ0v) is 31.5. The van der Waals surface area contributed by atoms with Gasteiger partial charge in [0.15, 0.2) is 6.20 Å². The molecule has 1 aromatic heterocycles. The van der Waals surface area contributed by atoms with Gasteiger partial charge in [-0.3, -0.25) is 4.79 Å². The number of pyridine rings is 1. The zero-order valence-electron chi connectivity index (χ0n) is 29.3. The fraction of sp³-hybridized carbons (Fsp3) is 0.784. The molecule has 0 atom stereocenters. The Morgan fingerprint density at radius 2 is 1.30 bits per heavy atom. The first-order chi connectivity index (χ1) is 21.9. The third-order valence-electron chi connectivity index (χ3n) is 9.27. The Morgan fingerprint density at radius 3 is 1.83 bits per heavy atom. The molecule has 8 nitrogen and oxygen atoms in total. The van der Waals surface area contributed by atoms with Gasteiger partial charge in [-0.15, -0.1) is 0 Å². The predicted molar refractivity (Wildman–Crippen MR) is 180 cm³/mol. The highest BCUT2D eigenvalue weighted by atomic mass is 127. The summed E-state index contributed by atoms with van der Waals surface area (Å²) in [4.78, 5) is 38.8. The molecular weight excluding hydrogens is 693 g/mol. The molecule has 2 rings (SSSR count). The quantitative estimate of drug-likeness (QED) is 0.0791. The van der Waals surface area contributed by atoms with Crippen molar-refractivity contribution >= 4 is 18.1 Å². The maximum Gasteiger partial charge on any atom is 0.417 e. The van der Waals surface area contributed by atoms with Gasteiger partial charge in [-0.1, -0.05) is 122 Å². The molecule has 0 aliphatic heterocycles. The number of halogens is 1. The summed E-state index contributed by atoms with van der Waals surface area (Å²) < 4.78 is 13.3. The molecule has 9 heteroatoms. The lowest BCUT2D eigenvalue weighted by atomic mass is 9.88. The molecule has 1 N–H and O–H groups in total. The Bertz CT molecular complexity index is 970.